The summed E-state index contributed by atoms with van der Waals surface area (Å²) in [5.74, 6) is 6.40. The van der Waals surface area contributed by atoms with Gasteiger partial charge in [-0.15, -0.1) is 0 Å². The van der Waals surface area contributed by atoms with E-state index < -0.39 is 0 Å². The van der Waals surface area contributed by atoms with Crippen LogP contribution in [-0.2, 0) is 0 Å². The van der Waals surface area contributed by atoms with E-state index in [9.17, 15) is 4.79 Å². The number of unbranched alkanes of at least 4 members (excludes halogenated alkanes) is 6. The Labute approximate surface area is 117 Å². The fraction of sp³-hybridized carbons (Fsp3) is 0.500. The van der Waals surface area contributed by atoms with E-state index in [-0.39, 0.29) is 5.78 Å². The van der Waals surface area contributed by atoms with Crippen molar-refractivity contribution in [3.8, 4) is 11.8 Å². The number of ketones is 1. The summed E-state index contributed by atoms with van der Waals surface area (Å²) < 4.78 is 0. The van der Waals surface area contributed by atoms with Crippen LogP contribution in [0.1, 0.15) is 74.7 Å². The Kier molecular flexibility index (Phi) is 7.66. The van der Waals surface area contributed by atoms with E-state index in [0.29, 0.717) is 0 Å². The van der Waals surface area contributed by atoms with Gasteiger partial charge in [0.1, 0.15) is 0 Å². The van der Waals surface area contributed by atoms with Crippen LogP contribution >= 0.6 is 0 Å². The standard InChI is InChI=1S/C18H24O/c1-3-4-5-6-7-8-9-10-13-17-14-11-12-15-18(17)16(2)19/h11-12,14-15H,3-9H2,1-2H3. The second-order valence-electron chi connectivity index (χ2n) is 4.92. The van der Waals surface area contributed by atoms with Gasteiger partial charge in [-0.05, 0) is 19.4 Å². The Balaban J connectivity index is 2.36. The fourth-order valence-corrected chi connectivity index (χ4v) is 2.05. The summed E-state index contributed by atoms with van der Waals surface area (Å²) in [6, 6.07) is 7.58. The molecule has 0 saturated heterocycles. The van der Waals surface area contributed by atoms with Crippen molar-refractivity contribution in [2.75, 3.05) is 0 Å². The Hall–Kier alpha value is -1.55. The Morgan fingerprint density at radius 1 is 1.05 bits per heavy atom. The van der Waals surface area contributed by atoms with Crippen molar-refractivity contribution in [1.82, 2.24) is 0 Å². The highest BCUT2D eigenvalue weighted by molar-refractivity contribution is 5.96. The highest BCUT2D eigenvalue weighted by Crippen LogP contribution is 2.09. The molecule has 0 fully saturated rings. The van der Waals surface area contributed by atoms with Gasteiger partial charge in [-0.2, -0.15) is 0 Å². The second kappa shape index (κ2) is 9.39. The van der Waals surface area contributed by atoms with Gasteiger partial charge < -0.3 is 0 Å². The number of rotatable bonds is 7. The first-order valence-electron chi connectivity index (χ1n) is 7.34. The number of hydrogen-bond donors (Lipinski definition) is 0. The number of benzene rings is 1. The van der Waals surface area contributed by atoms with Crippen molar-refractivity contribution < 1.29 is 4.79 Å². The highest BCUT2D eigenvalue weighted by atomic mass is 16.1. The summed E-state index contributed by atoms with van der Waals surface area (Å²) in [6.45, 7) is 3.83. The maximum atomic E-state index is 11.4. The van der Waals surface area contributed by atoms with Gasteiger partial charge in [-0.25, -0.2) is 0 Å². The largest absolute Gasteiger partial charge is 0.294 e. The molecule has 0 saturated carbocycles. The third kappa shape index (κ3) is 6.25. The maximum absolute atomic E-state index is 11.4. The molecule has 19 heavy (non-hydrogen) atoms. The van der Waals surface area contributed by atoms with Gasteiger partial charge in [0.25, 0.3) is 0 Å². The molecule has 0 amide bonds. The normalized spacial score (nSPS) is 9.79. The van der Waals surface area contributed by atoms with Crippen LogP contribution in [0, 0.1) is 11.8 Å². The molecule has 0 spiro atoms. The minimum absolute atomic E-state index is 0.0875. The molecule has 1 heteroatoms. The van der Waals surface area contributed by atoms with Crippen LogP contribution in [0.3, 0.4) is 0 Å². The van der Waals surface area contributed by atoms with Crippen LogP contribution in [-0.4, -0.2) is 5.78 Å². The van der Waals surface area contributed by atoms with Crippen LogP contribution in [0.2, 0.25) is 0 Å². The molecule has 0 atom stereocenters. The number of Topliss-reactive ketones (excluding diaryl/α,β-unsaturated/α-hetero) is 1. The zero-order valence-corrected chi connectivity index (χ0v) is 12.2. The molecule has 1 aromatic carbocycles. The van der Waals surface area contributed by atoms with Gasteiger partial charge in [-0.1, -0.05) is 69.1 Å². The zero-order valence-electron chi connectivity index (χ0n) is 12.2. The van der Waals surface area contributed by atoms with E-state index in [2.05, 4.69) is 18.8 Å². The summed E-state index contributed by atoms with van der Waals surface area (Å²) in [4.78, 5) is 11.4. The first-order chi connectivity index (χ1) is 9.25. The van der Waals surface area contributed by atoms with Crippen LogP contribution in [0.25, 0.3) is 0 Å². The molecule has 0 heterocycles. The van der Waals surface area contributed by atoms with Gasteiger partial charge in [0.2, 0.25) is 0 Å². The molecule has 0 bridgehead atoms. The lowest BCUT2D eigenvalue weighted by molar-refractivity contribution is 0.101. The molecular formula is C18H24O. The van der Waals surface area contributed by atoms with E-state index >= 15 is 0 Å². The lowest BCUT2D eigenvalue weighted by atomic mass is 10.0. The highest BCUT2D eigenvalue weighted by Gasteiger charge is 2.02. The molecule has 1 rings (SSSR count). The van der Waals surface area contributed by atoms with Crippen molar-refractivity contribution >= 4 is 5.78 Å². The van der Waals surface area contributed by atoms with Crippen LogP contribution < -0.4 is 0 Å². The molecular weight excluding hydrogens is 232 g/mol. The monoisotopic (exact) mass is 256 g/mol. The third-order valence-electron chi connectivity index (χ3n) is 3.18. The third-order valence-corrected chi connectivity index (χ3v) is 3.18. The first kappa shape index (κ1) is 15.5. The van der Waals surface area contributed by atoms with Crippen LogP contribution in [0.15, 0.2) is 24.3 Å². The van der Waals surface area contributed by atoms with Gasteiger partial charge in [0.15, 0.2) is 5.78 Å². The van der Waals surface area contributed by atoms with E-state index in [4.69, 9.17) is 0 Å². The number of carbonyl (C=O) groups excluding carboxylic acids is 1. The predicted molar refractivity (Wildman–Crippen MR) is 81.3 cm³/mol. The van der Waals surface area contributed by atoms with E-state index in [0.717, 1.165) is 17.5 Å². The van der Waals surface area contributed by atoms with Crippen molar-refractivity contribution in [1.29, 1.82) is 0 Å². The minimum Gasteiger partial charge on any atom is -0.294 e. The van der Waals surface area contributed by atoms with Gasteiger partial charge in [0.05, 0.1) is 0 Å². The Morgan fingerprint density at radius 2 is 1.74 bits per heavy atom. The summed E-state index contributed by atoms with van der Waals surface area (Å²) in [5.41, 5.74) is 1.60. The molecule has 0 N–H and O–H groups in total. The average molecular weight is 256 g/mol. The van der Waals surface area contributed by atoms with Crippen LogP contribution in [0.4, 0.5) is 0 Å². The summed E-state index contributed by atoms with van der Waals surface area (Å²) in [5, 5.41) is 0. The first-order valence-corrected chi connectivity index (χ1v) is 7.34. The summed E-state index contributed by atoms with van der Waals surface area (Å²) in [6.07, 6.45) is 8.66. The molecule has 0 aromatic heterocycles. The molecule has 0 radical (unpaired) electrons. The molecule has 0 aliphatic heterocycles. The topological polar surface area (TPSA) is 17.1 Å². The zero-order chi connectivity index (χ0) is 13.9. The smallest absolute Gasteiger partial charge is 0.161 e. The maximum Gasteiger partial charge on any atom is 0.161 e. The van der Waals surface area contributed by atoms with Crippen molar-refractivity contribution in [2.45, 2.75) is 58.8 Å². The SMILES string of the molecule is CCCCCCCCC#Cc1ccccc1C(C)=O. The molecule has 0 aliphatic carbocycles. The van der Waals surface area contributed by atoms with Crippen LogP contribution in [0.5, 0.6) is 0 Å². The van der Waals surface area contributed by atoms with E-state index in [1.165, 1.54) is 38.5 Å². The van der Waals surface area contributed by atoms with Gasteiger partial charge >= 0.3 is 0 Å². The number of hydrogen-bond acceptors (Lipinski definition) is 1. The van der Waals surface area contributed by atoms with E-state index in [1.54, 1.807) is 6.92 Å². The van der Waals surface area contributed by atoms with Gasteiger partial charge in [0, 0.05) is 17.5 Å². The average Bonchev–Trinajstić information content (AvgIpc) is 2.42. The minimum atomic E-state index is 0.0875. The van der Waals surface area contributed by atoms with Crippen molar-refractivity contribution in [2.24, 2.45) is 0 Å². The predicted octanol–water partition coefficient (Wildman–Crippen LogP) is 4.99. The van der Waals surface area contributed by atoms with Crippen molar-refractivity contribution in [3.05, 3.63) is 35.4 Å². The van der Waals surface area contributed by atoms with Gasteiger partial charge in [-0.3, -0.25) is 4.79 Å². The quantitative estimate of drug-likeness (QED) is 0.381. The van der Waals surface area contributed by atoms with E-state index in [1.807, 2.05) is 24.3 Å². The molecule has 102 valence electrons. The Morgan fingerprint density at radius 3 is 2.47 bits per heavy atom. The molecule has 1 aromatic rings. The summed E-state index contributed by atoms with van der Waals surface area (Å²) >= 11 is 0. The lowest BCUT2D eigenvalue weighted by Gasteiger charge is -1.99. The molecule has 1 nitrogen and oxygen atoms in total. The second-order valence-corrected chi connectivity index (χ2v) is 4.92. The fourth-order valence-electron chi connectivity index (χ4n) is 2.05. The number of carbonyl (C=O) groups is 1. The molecule has 0 aliphatic rings. The lowest BCUT2D eigenvalue weighted by Crippen LogP contribution is -1.95. The molecule has 0 unspecified atom stereocenters. The summed E-state index contributed by atoms with van der Waals surface area (Å²) in [7, 11) is 0. The van der Waals surface area contributed by atoms with Crippen molar-refractivity contribution in [3.63, 3.8) is 0 Å². The Bertz CT molecular complexity index is 448.